The summed E-state index contributed by atoms with van der Waals surface area (Å²) in [5.41, 5.74) is 6.31. The molecule has 7 rings (SSSR count). The predicted octanol–water partition coefficient (Wildman–Crippen LogP) is 5.15. The Balaban J connectivity index is 1.13. The highest BCUT2D eigenvalue weighted by molar-refractivity contribution is 7.16. The van der Waals surface area contributed by atoms with Crippen LogP contribution in [-0.4, -0.2) is 78.1 Å². The van der Waals surface area contributed by atoms with Crippen molar-refractivity contribution in [3.8, 4) is 17.3 Å². The van der Waals surface area contributed by atoms with E-state index >= 15 is 0 Å². The molecule has 0 radical (unpaired) electrons. The van der Waals surface area contributed by atoms with Gasteiger partial charge in [-0.05, 0) is 49.7 Å². The van der Waals surface area contributed by atoms with Crippen molar-refractivity contribution in [1.29, 1.82) is 5.26 Å². The minimum Gasteiger partial charge on any atom is -0.444 e. The fourth-order valence-electron chi connectivity index (χ4n) is 6.40. The van der Waals surface area contributed by atoms with Gasteiger partial charge in [0.1, 0.15) is 28.6 Å². The monoisotopic (exact) mass is 601 g/mol. The molecule has 3 aliphatic rings. The topological polar surface area (TPSA) is 99.2 Å². The fraction of sp³-hybridized carbons (Fsp3) is 0.419. The number of anilines is 3. The van der Waals surface area contributed by atoms with E-state index < -0.39 is 0 Å². The Morgan fingerprint density at radius 3 is 2.70 bits per heavy atom. The summed E-state index contributed by atoms with van der Waals surface area (Å²) >= 11 is 1.31. The standard InChI is InChI=1S/C31H32FN7O3S/c1-4-24-28(36(3)29-34-27(26(13-33)43-29)20-5-7-21(32)8-6-20)25-12-22(11-19(2)39(25)35-24)37-15-31(16-37)17-38(18-31)30(40)42-23-9-10-41-14-23/h5-8,11-12,23H,4,9-10,14-18H2,1-3H3. The van der Waals surface area contributed by atoms with Crippen LogP contribution in [0.4, 0.5) is 25.7 Å². The van der Waals surface area contributed by atoms with Crippen molar-refractivity contribution in [2.45, 2.75) is 32.8 Å². The van der Waals surface area contributed by atoms with Crippen molar-refractivity contribution >= 4 is 39.5 Å². The summed E-state index contributed by atoms with van der Waals surface area (Å²) in [6.07, 6.45) is 1.13. The zero-order valence-electron chi connectivity index (χ0n) is 24.3. The number of likely N-dealkylation sites (tertiary alicyclic amines) is 1. The molecule has 0 N–H and O–H groups in total. The largest absolute Gasteiger partial charge is 0.444 e. The molecule has 43 heavy (non-hydrogen) atoms. The van der Waals surface area contributed by atoms with E-state index in [0.717, 1.165) is 54.2 Å². The fourth-order valence-corrected chi connectivity index (χ4v) is 7.25. The van der Waals surface area contributed by atoms with Gasteiger partial charge in [-0.1, -0.05) is 18.3 Å². The number of aryl methyl sites for hydroxylation is 2. The van der Waals surface area contributed by atoms with Crippen LogP contribution in [0, 0.1) is 29.5 Å². The van der Waals surface area contributed by atoms with Crippen LogP contribution >= 0.6 is 11.3 Å². The summed E-state index contributed by atoms with van der Waals surface area (Å²) in [6, 6.07) is 12.6. The first-order chi connectivity index (χ1) is 20.8. The van der Waals surface area contributed by atoms with E-state index in [1.54, 1.807) is 17.0 Å². The lowest BCUT2D eigenvalue weighted by Gasteiger charge is -2.60. The van der Waals surface area contributed by atoms with Crippen LogP contribution in [0.3, 0.4) is 0 Å². The Labute approximate surface area is 252 Å². The molecule has 3 fully saturated rings. The zero-order valence-corrected chi connectivity index (χ0v) is 25.2. The van der Waals surface area contributed by atoms with Crippen molar-refractivity contribution in [3.05, 3.63) is 58.5 Å². The lowest BCUT2D eigenvalue weighted by atomic mass is 9.73. The van der Waals surface area contributed by atoms with Gasteiger partial charge < -0.3 is 24.2 Å². The van der Waals surface area contributed by atoms with Crippen molar-refractivity contribution < 1.29 is 18.7 Å². The highest BCUT2D eigenvalue weighted by atomic mass is 32.1. The van der Waals surface area contributed by atoms with E-state index in [0.29, 0.717) is 47.6 Å². The Morgan fingerprint density at radius 1 is 1.26 bits per heavy atom. The van der Waals surface area contributed by atoms with E-state index in [1.165, 1.54) is 23.5 Å². The number of nitriles is 1. The predicted molar refractivity (Wildman–Crippen MR) is 162 cm³/mol. The van der Waals surface area contributed by atoms with Gasteiger partial charge in [-0.15, -0.1) is 0 Å². The number of amides is 1. The number of rotatable bonds is 6. The molecular formula is C31H32FN7O3S. The Bertz CT molecular complexity index is 1740. The van der Waals surface area contributed by atoms with Gasteiger partial charge in [-0.2, -0.15) is 10.4 Å². The average molecular weight is 602 g/mol. The maximum atomic E-state index is 13.5. The Kier molecular flexibility index (Phi) is 6.74. The van der Waals surface area contributed by atoms with Crippen molar-refractivity contribution in [1.82, 2.24) is 19.5 Å². The number of halogens is 1. The van der Waals surface area contributed by atoms with Gasteiger partial charge >= 0.3 is 6.09 Å². The molecule has 3 saturated heterocycles. The molecule has 0 aliphatic carbocycles. The number of nitrogens with zero attached hydrogens (tertiary/aromatic N) is 7. The molecule has 222 valence electrons. The molecule has 12 heteroatoms. The summed E-state index contributed by atoms with van der Waals surface area (Å²) < 4.78 is 26.4. The molecule has 1 amide bonds. The Morgan fingerprint density at radius 2 is 2.02 bits per heavy atom. The molecule has 1 unspecified atom stereocenters. The third kappa shape index (κ3) is 4.77. The number of fused-ring (bicyclic) bond motifs is 1. The second-order valence-corrected chi connectivity index (χ2v) is 12.7. The Hall–Kier alpha value is -4.21. The van der Waals surface area contributed by atoms with E-state index in [2.05, 4.69) is 36.9 Å². The molecule has 0 bridgehead atoms. The van der Waals surface area contributed by atoms with Crippen LogP contribution in [0.25, 0.3) is 16.8 Å². The first kappa shape index (κ1) is 27.6. The van der Waals surface area contributed by atoms with Crippen molar-refractivity contribution in [3.63, 3.8) is 0 Å². The maximum absolute atomic E-state index is 13.5. The van der Waals surface area contributed by atoms with E-state index in [4.69, 9.17) is 19.6 Å². The smallest absolute Gasteiger partial charge is 0.410 e. The van der Waals surface area contributed by atoms with Gasteiger partial charge in [0.15, 0.2) is 5.13 Å². The lowest BCUT2D eigenvalue weighted by molar-refractivity contribution is -0.0324. The average Bonchev–Trinajstić information content (AvgIpc) is 3.70. The molecule has 1 aromatic carbocycles. The van der Waals surface area contributed by atoms with Crippen LogP contribution in [0.15, 0.2) is 36.4 Å². The van der Waals surface area contributed by atoms with Gasteiger partial charge in [0.2, 0.25) is 0 Å². The summed E-state index contributed by atoms with van der Waals surface area (Å²) in [6.45, 7) is 8.43. The normalized spacial score (nSPS) is 18.9. The quantitative estimate of drug-likeness (QED) is 0.299. The number of pyridine rings is 1. The van der Waals surface area contributed by atoms with Crippen LogP contribution < -0.4 is 9.80 Å². The van der Waals surface area contributed by atoms with Crippen LogP contribution in [-0.2, 0) is 15.9 Å². The summed E-state index contributed by atoms with van der Waals surface area (Å²) in [5, 5.41) is 15.4. The van der Waals surface area contributed by atoms with Gasteiger partial charge in [0, 0.05) is 62.0 Å². The number of carbonyl (C=O) groups excluding carboxylic acids is 1. The SMILES string of the molecule is CCc1nn2c(C)cc(N3CC4(CN(C(=O)OC5CCOC5)C4)C3)cc2c1N(C)c1nc(-c2ccc(F)cc2)c(C#N)s1. The second-order valence-electron chi connectivity index (χ2n) is 11.7. The van der Waals surface area contributed by atoms with Crippen LogP contribution in [0.1, 0.15) is 29.6 Å². The highest BCUT2D eigenvalue weighted by Crippen LogP contribution is 2.44. The molecule has 1 atom stereocenters. The van der Waals surface area contributed by atoms with Gasteiger partial charge in [-0.25, -0.2) is 18.7 Å². The lowest BCUT2D eigenvalue weighted by Crippen LogP contribution is -2.73. The number of ether oxygens (including phenoxy) is 2. The van der Waals surface area contributed by atoms with Gasteiger partial charge in [-0.3, -0.25) is 0 Å². The number of hydrogen-bond acceptors (Lipinski definition) is 9. The highest BCUT2D eigenvalue weighted by Gasteiger charge is 2.54. The van der Waals surface area contributed by atoms with Crippen LogP contribution in [0.5, 0.6) is 0 Å². The minimum absolute atomic E-state index is 0.102. The number of hydrogen-bond donors (Lipinski definition) is 0. The van der Waals surface area contributed by atoms with Crippen molar-refractivity contribution in [2.75, 3.05) is 56.2 Å². The molecular weight excluding hydrogens is 569 g/mol. The van der Waals surface area contributed by atoms with E-state index in [1.807, 2.05) is 16.5 Å². The number of aromatic nitrogens is 3. The number of carbonyl (C=O) groups is 1. The van der Waals surface area contributed by atoms with E-state index in [9.17, 15) is 14.4 Å². The first-order valence-electron chi connectivity index (χ1n) is 14.5. The second kappa shape index (κ2) is 10.5. The van der Waals surface area contributed by atoms with E-state index in [-0.39, 0.29) is 23.4 Å². The third-order valence-corrected chi connectivity index (χ3v) is 9.65. The third-order valence-electron chi connectivity index (χ3n) is 8.62. The van der Waals surface area contributed by atoms with Crippen LogP contribution in [0.2, 0.25) is 0 Å². The zero-order chi connectivity index (χ0) is 29.9. The summed E-state index contributed by atoms with van der Waals surface area (Å²) in [7, 11) is 1.95. The number of benzene rings is 1. The number of thiazole rings is 1. The molecule has 6 heterocycles. The molecule has 1 spiro atoms. The molecule has 4 aromatic rings. The maximum Gasteiger partial charge on any atom is 0.410 e. The van der Waals surface area contributed by atoms with Crippen molar-refractivity contribution in [2.24, 2.45) is 5.41 Å². The molecule has 3 aliphatic heterocycles. The molecule has 0 saturated carbocycles. The molecule has 3 aromatic heterocycles. The molecule has 10 nitrogen and oxygen atoms in total. The summed E-state index contributed by atoms with van der Waals surface area (Å²) in [5.74, 6) is -0.333. The summed E-state index contributed by atoms with van der Waals surface area (Å²) in [4.78, 5) is 24.0. The first-order valence-corrected chi connectivity index (χ1v) is 15.3. The van der Waals surface area contributed by atoms with Gasteiger partial charge in [0.25, 0.3) is 0 Å². The minimum atomic E-state index is -0.333. The van der Waals surface area contributed by atoms with Gasteiger partial charge in [0.05, 0.1) is 30.1 Å².